The van der Waals surface area contributed by atoms with Gasteiger partial charge in [0.2, 0.25) is 11.8 Å². The van der Waals surface area contributed by atoms with Crippen molar-refractivity contribution < 1.29 is 9.59 Å². The van der Waals surface area contributed by atoms with E-state index >= 15 is 0 Å². The van der Waals surface area contributed by atoms with Gasteiger partial charge >= 0.3 is 0 Å². The van der Waals surface area contributed by atoms with Crippen molar-refractivity contribution in [3.63, 3.8) is 0 Å². The molecule has 0 radical (unpaired) electrons. The Morgan fingerprint density at radius 3 is 2.58 bits per heavy atom. The average molecular weight is 323 g/mol. The highest BCUT2D eigenvalue weighted by molar-refractivity contribution is 5.97. The number of rotatable bonds is 4. The first-order valence-corrected chi connectivity index (χ1v) is 8.08. The third-order valence-corrected chi connectivity index (χ3v) is 4.18. The molecule has 3 N–H and O–H groups in total. The lowest BCUT2D eigenvalue weighted by Crippen LogP contribution is -2.32. The number of nitrogens with zero attached hydrogens (tertiary/aromatic N) is 1. The number of fused-ring (bicyclic) bond motifs is 1. The summed E-state index contributed by atoms with van der Waals surface area (Å²) in [5.41, 5.74) is 9.37. The van der Waals surface area contributed by atoms with Crippen LogP contribution in [-0.2, 0) is 22.4 Å². The second kappa shape index (κ2) is 6.84. The highest BCUT2D eigenvalue weighted by Gasteiger charge is 2.23. The fourth-order valence-corrected chi connectivity index (χ4v) is 2.83. The van der Waals surface area contributed by atoms with E-state index < -0.39 is 6.04 Å². The summed E-state index contributed by atoms with van der Waals surface area (Å²) in [4.78, 5) is 26.0. The van der Waals surface area contributed by atoms with E-state index in [4.69, 9.17) is 5.73 Å². The molecule has 0 unspecified atom stereocenters. The van der Waals surface area contributed by atoms with Crippen LogP contribution in [0.1, 0.15) is 18.1 Å². The maximum atomic E-state index is 12.6. The van der Waals surface area contributed by atoms with Crippen molar-refractivity contribution >= 4 is 23.2 Å². The van der Waals surface area contributed by atoms with E-state index in [1.807, 2.05) is 35.2 Å². The van der Waals surface area contributed by atoms with Crippen molar-refractivity contribution in [3.8, 4) is 0 Å². The molecule has 1 atom stereocenters. The van der Waals surface area contributed by atoms with Crippen LogP contribution in [-0.4, -0.2) is 24.4 Å². The number of nitrogens with two attached hydrogens (primary N) is 1. The molecule has 0 saturated heterocycles. The summed E-state index contributed by atoms with van der Waals surface area (Å²) < 4.78 is 0. The van der Waals surface area contributed by atoms with Crippen molar-refractivity contribution in [3.05, 3.63) is 59.7 Å². The second-order valence-corrected chi connectivity index (χ2v) is 6.08. The van der Waals surface area contributed by atoms with Gasteiger partial charge in [0.05, 0.1) is 12.5 Å². The van der Waals surface area contributed by atoms with Gasteiger partial charge in [-0.15, -0.1) is 0 Å². The van der Waals surface area contributed by atoms with Gasteiger partial charge in [-0.2, -0.15) is 0 Å². The Morgan fingerprint density at radius 1 is 1.17 bits per heavy atom. The summed E-state index contributed by atoms with van der Waals surface area (Å²) in [5, 5.41) is 2.73. The minimum atomic E-state index is -0.554. The van der Waals surface area contributed by atoms with E-state index in [-0.39, 0.29) is 11.8 Å². The third-order valence-electron chi connectivity index (χ3n) is 4.18. The van der Waals surface area contributed by atoms with Gasteiger partial charge in [-0.1, -0.05) is 30.3 Å². The van der Waals surface area contributed by atoms with Gasteiger partial charge in [-0.05, 0) is 42.7 Å². The zero-order valence-corrected chi connectivity index (χ0v) is 13.7. The molecule has 0 bridgehead atoms. The zero-order valence-electron chi connectivity index (χ0n) is 13.7. The van der Waals surface area contributed by atoms with Crippen molar-refractivity contribution in [1.82, 2.24) is 0 Å². The Bertz CT molecular complexity index is 753. The number of anilines is 2. The Balaban J connectivity index is 1.64. The minimum Gasteiger partial charge on any atom is -0.325 e. The summed E-state index contributed by atoms with van der Waals surface area (Å²) in [6.07, 6.45) is 1.25. The molecule has 5 nitrogen and oxygen atoms in total. The molecular weight excluding hydrogens is 302 g/mol. The Labute approximate surface area is 141 Å². The average Bonchev–Trinajstić information content (AvgIpc) is 3.00. The van der Waals surface area contributed by atoms with Gasteiger partial charge in [-0.3, -0.25) is 9.59 Å². The number of para-hydroxylation sites is 1. The van der Waals surface area contributed by atoms with Crippen LogP contribution >= 0.6 is 0 Å². The summed E-state index contributed by atoms with van der Waals surface area (Å²) in [5.74, 6) is -0.139. The molecule has 24 heavy (non-hydrogen) atoms. The van der Waals surface area contributed by atoms with E-state index in [0.717, 1.165) is 24.2 Å². The smallest absolute Gasteiger partial charge is 0.240 e. The van der Waals surface area contributed by atoms with E-state index in [1.54, 1.807) is 19.1 Å². The van der Waals surface area contributed by atoms with Crippen LogP contribution in [0.2, 0.25) is 0 Å². The van der Waals surface area contributed by atoms with Crippen LogP contribution in [0.15, 0.2) is 48.5 Å². The molecule has 0 saturated carbocycles. The number of carbonyl (C=O) groups is 2. The van der Waals surface area contributed by atoms with Crippen LogP contribution in [0.3, 0.4) is 0 Å². The largest absolute Gasteiger partial charge is 0.325 e. The van der Waals surface area contributed by atoms with Gasteiger partial charge in [0, 0.05) is 17.9 Å². The maximum Gasteiger partial charge on any atom is 0.240 e. The molecule has 124 valence electrons. The Kier molecular flexibility index (Phi) is 4.62. The lowest BCUT2D eigenvalue weighted by atomic mass is 10.1. The third kappa shape index (κ3) is 3.46. The normalized spacial score (nSPS) is 14.2. The monoisotopic (exact) mass is 323 g/mol. The number of nitrogens with one attached hydrogen (secondary N) is 1. The lowest BCUT2D eigenvalue weighted by Gasteiger charge is -2.17. The molecule has 2 aromatic rings. The predicted molar refractivity (Wildman–Crippen MR) is 94.9 cm³/mol. The number of benzene rings is 2. The fourth-order valence-electron chi connectivity index (χ4n) is 2.83. The zero-order chi connectivity index (χ0) is 17.1. The van der Waals surface area contributed by atoms with Crippen LogP contribution in [0, 0.1) is 0 Å². The van der Waals surface area contributed by atoms with E-state index in [1.165, 1.54) is 5.56 Å². The van der Waals surface area contributed by atoms with Crippen molar-refractivity contribution in [1.29, 1.82) is 0 Å². The molecule has 2 amide bonds. The predicted octanol–water partition coefficient (Wildman–Crippen LogP) is 2.10. The van der Waals surface area contributed by atoms with Crippen molar-refractivity contribution in [2.75, 3.05) is 16.8 Å². The van der Waals surface area contributed by atoms with Crippen molar-refractivity contribution in [2.24, 2.45) is 5.73 Å². The first-order chi connectivity index (χ1) is 11.5. The molecule has 1 aliphatic rings. The highest BCUT2D eigenvalue weighted by atomic mass is 16.2. The van der Waals surface area contributed by atoms with Crippen molar-refractivity contribution in [2.45, 2.75) is 25.8 Å². The molecule has 0 spiro atoms. The molecule has 0 aliphatic carbocycles. The number of hydrogen-bond acceptors (Lipinski definition) is 3. The lowest BCUT2D eigenvalue weighted by molar-refractivity contribution is -0.118. The number of hydrogen-bond donors (Lipinski definition) is 2. The van der Waals surface area contributed by atoms with Gasteiger partial charge in [0.1, 0.15) is 0 Å². The van der Waals surface area contributed by atoms with Crippen LogP contribution in [0.5, 0.6) is 0 Å². The summed E-state index contributed by atoms with van der Waals surface area (Å²) in [6.45, 7) is 2.37. The molecule has 2 aromatic carbocycles. The Hall–Kier alpha value is -2.66. The van der Waals surface area contributed by atoms with E-state index in [2.05, 4.69) is 11.4 Å². The van der Waals surface area contributed by atoms with E-state index in [0.29, 0.717) is 12.1 Å². The number of amides is 2. The molecule has 1 aliphatic heterocycles. The van der Waals surface area contributed by atoms with Crippen LogP contribution in [0.25, 0.3) is 0 Å². The topological polar surface area (TPSA) is 75.4 Å². The maximum absolute atomic E-state index is 12.6. The SMILES string of the molecule is C[C@@H](N)C(=O)Nc1ccc(CC(=O)N2CCc3ccccc32)cc1. The molecule has 1 heterocycles. The van der Waals surface area contributed by atoms with Crippen LogP contribution in [0.4, 0.5) is 11.4 Å². The van der Waals surface area contributed by atoms with Gasteiger partial charge in [0.15, 0.2) is 0 Å². The van der Waals surface area contributed by atoms with Gasteiger partial charge in [0.25, 0.3) is 0 Å². The van der Waals surface area contributed by atoms with Crippen LogP contribution < -0.4 is 16.0 Å². The summed E-state index contributed by atoms with van der Waals surface area (Å²) in [7, 11) is 0. The molecular formula is C19H21N3O2. The second-order valence-electron chi connectivity index (χ2n) is 6.08. The van der Waals surface area contributed by atoms with E-state index in [9.17, 15) is 9.59 Å². The molecule has 3 rings (SSSR count). The molecule has 0 aromatic heterocycles. The summed E-state index contributed by atoms with van der Waals surface area (Å²) >= 11 is 0. The number of carbonyl (C=O) groups excluding carboxylic acids is 2. The molecule has 5 heteroatoms. The first kappa shape index (κ1) is 16.2. The first-order valence-electron chi connectivity index (χ1n) is 8.08. The fraction of sp³-hybridized carbons (Fsp3) is 0.263. The Morgan fingerprint density at radius 2 is 1.88 bits per heavy atom. The summed E-state index contributed by atoms with van der Waals surface area (Å²) in [6, 6.07) is 14.8. The standard InChI is InChI=1S/C19H21N3O2/c1-13(20)19(24)21-16-8-6-14(7-9-16)12-18(23)22-11-10-15-4-2-3-5-17(15)22/h2-9,13H,10-12,20H2,1H3,(H,21,24)/t13-/m1/s1. The van der Waals surface area contributed by atoms with Gasteiger partial charge < -0.3 is 16.0 Å². The molecule has 0 fully saturated rings. The van der Waals surface area contributed by atoms with Gasteiger partial charge in [-0.25, -0.2) is 0 Å². The minimum absolute atomic E-state index is 0.0901. The highest BCUT2D eigenvalue weighted by Crippen LogP contribution is 2.28. The quantitative estimate of drug-likeness (QED) is 0.905.